The number of likely N-dealkylation sites (tertiary alicyclic amines) is 1. The Kier molecular flexibility index (Phi) is 5.12. The first-order valence-electron chi connectivity index (χ1n) is 9.36. The highest BCUT2D eigenvalue weighted by atomic mass is 16.6. The molecule has 0 bridgehead atoms. The van der Waals surface area contributed by atoms with Gasteiger partial charge in [0.2, 0.25) is 0 Å². The van der Waals surface area contributed by atoms with Crippen LogP contribution in [0, 0.1) is 10.1 Å². The van der Waals surface area contributed by atoms with Gasteiger partial charge in [-0.3, -0.25) is 15.0 Å². The first-order chi connectivity index (χ1) is 13.7. The summed E-state index contributed by atoms with van der Waals surface area (Å²) in [5.41, 5.74) is 1.83. The van der Waals surface area contributed by atoms with Crippen molar-refractivity contribution in [1.29, 1.82) is 0 Å². The number of furan rings is 1. The molecule has 1 fully saturated rings. The minimum absolute atomic E-state index is 0.0562. The van der Waals surface area contributed by atoms with Gasteiger partial charge in [-0.05, 0) is 55.3 Å². The van der Waals surface area contributed by atoms with Gasteiger partial charge in [0.15, 0.2) is 0 Å². The van der Waals surface area contributed by atoms with Crippen LogP contribution in [0.25, 0.3) is 11.3 Å². The quantitative estimate of drug-likeness (QED) is 0.435. The summed E-state index contributed by atoms with van der Waals surface area (Å²) < 4.78 is 11.2. The van der Waals surface area contributed by atoms with Crippen LogP contribution in [0.2, 0.25) is 0 Å². The maximum absolute atomic E-state index is 11.3. The Balaban J connectivity index is 1.52. The first-order valence-corrected chi connectivity index (χ1v) is 9.36. The number of nitrogens with zero attached hydrogens (tertiary/aromatic N) is 2. The van der Waals surface area contributed by atoms with E-state index < -0.39 is 0 Å². The normalized spacial score (nSPS) is 17.0. The predicted octanol–water partition coefficient (Wildman–Crippen LogP) is 5.20. The highest BCUT2D eigenvalue weighted by molar-refractivity contribution is 5.69. The Hall–Kier alpha value is -3.12. The molecule has 6 nitrogen and oxygen atoms in total. The van der Waals surface area contributed by atoms with E-state index in [0.29, 0.717) is 23.9 Å². The molecule has 28 heavy (non-hydrogen) atoms. The molecule has 1 atom stereocenters. The fourth-order valence-electron chi connectivity index (χ4n) is 3.87. The highest BCUT2D eigenvalue weighted by Gasteiger charge is 2.27. The minimum Gasteiger partial charge on any atom is -0.497 e. The molecule has 2 heterocycles. The summed E-state index contributed by atoms with van der Waals surface area (Å²) in [6.45, 7) is 1.68. The van der Waals surface area contributed by atoms with Gasteiger partial charge in [-0.25, -0.2) is 0 Å². The summed E-state index contributed by atoms with van der Waals surface area (Å²) in [6, 6.07) is 18.9. The number of hydrogen-bond acceptors (Lipinski definition) is 5. The van der Waals surface area contributed by atoms with Gasteiger partial charge >= 0.3 is 0 Å². The molecule has 1 unspecified atom stereocenters. The van der Waals surface area contributed by atoms with Crippen molar-refractivity contribution in [2.24, 2.45) is 0 Å². The number of nitro benzene ring substituents is 1. The lowest BCUT2D eigenvalue weighted by atomic mass is 10.0. The second-order valence-corrected chi connectivity index (χ2v) is 6.94. The molecule has 0 spiro atoms. The lowest BCUT2D eigenvalue weighted by Gasteiger charge is -2.24. The van der Waals surface area contributed by atoms with Gasteiger partial charge in [-0.2, -0.15) is 0 Å². The van der Waals surface area contributed by atoms with Crippen LogP contribution in [-0.4, -0.2) is 23.5 Å². The molecule has 6 heteroatoms. The molecule has 1 saturated heterocycles. The first kappa shape index (κ1) is 18.3. The third kappa shape index (κ3) is 3.64. The Morgan fingerprint density at radius 2 is 1.93 bits per heavy atom. The molecule has 1 aliphatic rings. The third-order valence-electron chi connectivity index (χ3n) is 5.25. The fraction of sp³-hybridized carbons (Fsp3) is 0.273. The molecule has 0 saturated carbocycles. The minimum atomic E-state index is -0.377. The van der Waals surface area contributed by atoms with Crippen LogP contribution < -0.4 is 4.74 Å². The number of rotatable bonds is 6. The van der Waals surface area contributed by atoms with Gasteiger partial charge in [0.05, 0.1) is 24.1 Å². The van der Waals surface area contributed by atoms with Crippen molar-refractivity contribution in [2.45, 2.75) is 25.4 Å². The number of nitro groups is 1. The topological polar surface area (TPSA) is 68.8 Å². The van der Waals surface area contributed by atoms with Gasteiger partial charge in [0.1, 0.15) is 17.3 Å². The number of methoxy groups -OCH3 is 1. The van der Waals surface area contributed by atoms with Gasteiger partial charge in [0.25, 0.3) is 5.69 Å². The number of hydrogen-bond donors (Lipinski definition) is 0. The lowest BCUT2D eigenvalue weighted by Crippen LogP contribution is -2.22. The van der Waals surface area contributed by atoms with E-state index >= 15 is 0 Å². The van der Waals surface area contributed by atoms with Gasteiger partial charge in [-0.15, -0.1) is 0 Å². The number of para-hydroxylation sites is 1. The average Bonchev–Trinajstić information content (AvgIpc) is 3.38. The molecular weight excluding hydrogens is 356 g/mol. The van der Waals surface area contributed by atoms with Crippen LogP contribution >= 0.6 is 0 Å². The molecule has 0 radical (unpaired) electrons. The van der Waals surface area contributed by atoms with E-state index in [4.69, 9.17) is 9.15 Å². The molecule has 2 aromatic carbocycles. The summed E-state index contributed by atoms with van der Waals surface area (Å²) in [6.07, 6.45) is 2.23. The molecule has 144 valence electrons. The Labute approximate surface area is 163 Å². The van der Waals surface area contributed by atoms with E-state index in [-0.39, 0.29) is 10.6 Å². The maximum atomic E-state index is 11.3. The van der Waals surface area contributed by atoms with E-state index in [0.717, 1.165) is 30.9 Å². The van der Waals surface area contributed by atoms with E-state index in [1.807, 2.05) is 24.3 Å². The van der Waals surface area contributed by atoms with Crippen LogP contribution in [0.5, 0.6) is 5.75 Å². The lowest BCUT2D eigenvalue weighted by molar-refractivity contribution is -0.384. The van der Waals surface area contributed by atoms with E-state index in [1.54, 1.807) is 25.3 Å². The van der Waals surface area contributed by atoms with Crippen LogP contribution in [0.3, 0.4) is 0 Å². The van der Waals surface area contributed by atoms with Crippen molar-refractivity contribution in [1.82, 2.24) is 4.90 Å². The van der Waals surface area contributed by atoms with Gasteiger partial charge < -0.3 is 9.15 Å². The van der Waals surface area contributed by atoms with Crippen LogP contribution in [0.4, 0.5) is 5.69 Å². The predicted molar refractivity (Wildman–Crippen MR) is 106 cm³/mol. The largest absolute Gasteiger partial charge is 0.497 e. The SMILES string of the molecule is COc1ccc(C2CCCN2Cc2ccc(-c3ccccc3[N+](=O)[O-])o2)cc1. The van der Waals surface area contributed by atoms with Gasteiger partial charge in [0, 0.05) is 12.1 Å². The number of benzene rings is 2. The van der Waals surface area contributed by atoms with Crippen molar-refractivity contribution in [3.05, 3.63) is 82.1 Å². The summed E-state index contributed by atoms with van der Waals surface area (Å²) in [5, 5.41) is 11.3. The van der Waals surface area contributed by atoms with Crippen LogP contribution in [0.15, 0.2) is 65.1 Å². The molecule has 1 aliphatic heterocycles. The fourth-order valence-corrected chi connectivity index (χ4v) is 3.87. The Morgan fingerprint density at radius 1 is 1.14 bits per heavy atom. The second-order valence-electron chi connectivity index (χ2n) is 6.94. The molecule has 0 amide bonds. The van der Waals surface area contributed by atoms with Crippen LogP contribution in [0.1, 0.15) is 30.2 Å². The van der Waals surface area contributed by atoms with E-state index in [9.17, 15) is 10.1 Å². The molecule has 0 aliphatic carbocycles. The summed E-state index contributed by atoms with van der Waals surface area (Å²) in [4.78, 5) is 13.3. The zero-order valence-electron chi connectivity index (χ0n) is 15.7. The Morgan fingerprint density at radius 3 is 2.68 bits per heavy atom. The standard InChI is InChI=1S/C22H22N2O4/c1-27-17-10-8-16(9-11-17)20-7-4-14-23(20)15-18-12-13-22(28-18)19-5-2-3-6-21(19)24(25)26/h2-3,5-6,8-13,20H,4,7,14-15H2,1H3. The smallest absolute Gasteiger partial charge is 0.280 e. The van der Waals surface area contributed by atoms with Crippen molar-refractivity contribution < 1.29 is 14.1 Å². The molecule has 4 rings (SSSR count). The van der Waals surface area contributed by atoms with Crippen molar-refractivity contribution in [3.63, 3.8) is 0 Å². The maximum Gasteiger partial charge on any atom is 0.280 e. The Bertz CT molecular complexity index is 965. The number of ether oxygens (including phenoxy) is 1. The summed E-state index contributed by atoms with van der Waals surface area (Å²) in [7, 11) is 1.67. The molecule has 0 N–H and O–H groups in total. The van der Waals surface area contributed by atoms with E-state index in [2.05, 4.69) is 17.0 Å². The van der Waals surface area contributed by atoms with Crippen LogP contribution in [-0.2, 0) is 6.54 Å². The van der Waals surface area contributed by atoms with E-state index in [1.165, 1.54) is 11.6 Å². The monoisotopic (exact) mass is 378 g/mol. The highest BCUT2D eigenvalue weighted by Crippen LogP contribution is 2.35. The zero-order chi connectivity index (χ0) is 19.5. The van der Waals surface area contributed by atoms with Gasteiger partial charge in [-0.1, -0.05) is 24.3 Å². The summed E-state index contributed by atoms with van der Waals surface area (Å²) in [5.74, 6) is 2.20. The second kappa shape index (κ2) is 7.86. The molecule has 1 aromatic heterocycles. The third-order valence-corrected chi connectivity index (χ3v) is 5.25. The zero-order valence-corrected chi connectivity index (χ0v) is 15.7. The van der Waals surface area contributed by atoms with Crippen molar-refractivity contribution >= 4 is 5.69 Å². The molecule has 3 aromatic rings. The van der Waals surface area contributed by atoms with Crippen molar-refractivity contribution in [2.75, 3.05) is 13.7 Å². The molecular formula is C22H22N2O4. The van der Waals surface area contributed by atoms with Crippen molar-refractivity contribution in [3.8, 4) is 17.1 Å². The average molecular weight is 378 g/mol. The summed E-state index contributed by atoms with van der Waals surface area (Å²) >= 11 is 0.